The second-order valence-electron chi connectivity index (χ2n) is 14.6. The summed E-state index contributed by atoms with van der Waals surface area (Å²) in [6, 6.07) is 25.6. The Kier molecular flexibility index (Phi) is 11.2. The first-order valence-corrected chi connectivity index (χ1v) is 16.9. The molecule has 0 saturated carbocycles. The molecule has 0 unspecified atom stereocenters. The molecule has 0 saturated heterocycles. The maximum atomic E-state index is 12.2. The molecule has 0 radical (unpaired) electrons. The van der Waals surface area contributed by atoms with Crippen molar-refractivity contribution < 1.29 is 26.7 Å². The summed E-state index contributed by atoms with van der Waals surface area (Å²) in [4.78, 5) is 10.4. The first-order chi connectivity index (χ1) is 22.4. The predicted molar refractivity (Wildman–Crippen MR) is 201 cm³/mol. The molecule has 4 nitrogen and oxygen atoms in total. The third kappa shape index (κ3) is 7.31. The van der Waals surface area contributed by atoms with E-state index in [1.54, 1.807) is 0 Å². The summed E-state index contributed by atoms with van der Waals surface area (Å²) in [7, 11) is 0. The average molecular weight is 736 g/mol. The van der Waals surface area contributed by atoms with Gasteiger partial charge in [-0.1, -0.05) is 138 Å². The van der Waals surface area contributed by atoms with Crippen LogP contribution in [0.2, 0.25) is 10.0 Å². The Labute approximate surface area is 310 Å². The Morgan fingerprint density at radius 2 is 0.816 bits per heavy atom. The number of rotatable bonds is 2. The number of aliphatic imine (C=N–C) groups is 2. The van der Waals surface area contributed by atoms with E-state index in [0.717, 1.165) is 33.9 Å². The zero-order valence-electron chi connectivity index (χ0n) is 29.7. The van der Waals surface area contributed by atoms with Crippen molar-refractivity contribution in [1.29, 1.82) is 0 Å². The van der Waals surface area contributed by atoms with Crippen LogP contribution >= 0.6 is 23.2 Å². The second kappa shape index (κ2) is 14.3. The molecule has 6 rings (SSSR count). The van der Waals surface area contributed by atoms with Crippen molar-refractivity contribution in [3.05, 3.63) is 127 Å². The fourth-order valence-electron chi connectivity index (χ4n) is 6.39. The summed E-state index contributed by atoms with van der Waals surface area (Å²) in [5.74, 6) is -1.08. The molecule has 0 heterocycles. The molecule has 0 N–H and O–H groups in total. The van der Waals surface area contributed by atoms with Crippen molar-refractivity contribution in [2.24, 2.45) is 9.98 Å². The van der Waals surface area contributed by atoms with Gasteiger partial charge in [-0.2, -0.15) is 0 Å². The van der Waals surface area contributed by atoms with Gasteiger partial charge in [-0.25, -0.2) is 9.98 Å². The second-order valence-corrected chi connectivity index (χ2v) is 15.4. The van der Waals surface area contributed by atoms with Crippen LogP contribution in [0.5, 0.6) is 11.5 Å². The number of halogens is 2. The van der Waals surface area contributed by atoms with Gasteiger partial charge in [-0.05, 0) is 77.3 Å². The van der Waals surface area contributed by atoms with E-state index in [1.807, 2.05) is 41.5 Å². The molecule has 0 aliphatic heterocycles. The first-order valence-electron chi connectivity index (χ1n) is 16.2. The third-order valence-corrected chi connectivity index (χ3v) is 9.61. The van der Waals surface area contributed by atoms with Crippen molar-refractivity contribution >= 4 is 56.8 Å². The number of aryl methyl sites for hydroxylation is 4. The number of hydrogen-bond acceptors (Lipinski definition) is 4. The number of benzene rings is 5. The first kappa shape index (κ1) is 38.2. The normalized spacial score (nSPS) is 14.2. The van der Waals surface area contributed by atoms with E-state index in [4.69, 9.17) is 33.2 Å². The fraction of sp³-hybridized carbons (Fsp3) is 0.286. The Balaban J connectivity index is 0.000000246. The molecule has 5 aromatic carbocycles. The number of para-hydroxylation sites is 2. The molecule has 256 valence electrons. The van der Waals surface area contributed by atoms with Crippen molar-refractivity contribution in [2.75, 3.05) is 0 Å². The van der Waals surface area contributed by atoms with E-state index >= 15 is 0 Å². The standard InChI is InChI=1S/C28H24N2.C14H20Cl2O2.Ni/c1-17-9-5-10-18(2)25(17)29-27-22-15-7-13-21-14-8-16-23(24(21)22)28(27)30-26-19(3)11-6-12-20(26)4;1-13(2,3)7-9(15)10(16)8(14(4,5)6)12(18)11(7)17;/h5-16H,1-4H3;17-18H,1-6H3;/q;;+2/p-2. The Bertz CT molecular complexity index is 1920. The van der Waals surface area contributed by atoms with E-state index in [-0.39, 0.29) is 26.5 Å². The minimum atomic E-state index is -0.540. The maximum Gasteiger partial charge on any atom is 2.00 e. The maximum absolute atomic E-state index is 12.2. The molecule has 7 heteroatoms. The molecule has 1 aliphatic carbocycles. The summed E-state index contributed by atoms with van der Waals surface area (Å²) >= 11 is 12.4. The summed E-state index contributed by atoms with van der Waals surface area (Å²) in [5.41, 5.74) is 10.6. The van der Waals surface area contributed by atoms with Crippen LogP contribution in [0.3, 0.4) is 0 Å². The van der Waals surface area contributed by atoms with Crippen LogP contribution in [-0.2, 0) is 27.3 Å². The minimum Gasteiger partial charge on any atom is -0.873 e. The predicted octanol–water partition coefficient (Wildman–Crippen LogP) is 11.1. The van der Waals surface area contributed by atoms with E-state index in [2.05, 4.69) is 100 Å². The third-order valence-electron chi connectivity index (χ3n) is 8.76. The van der Waals surface area contributed by atoms with Crippen LogP contribution in [0.1, 0.15) is 86.1 Å². The molecule has 49 heavy (non-hydrogen) atoms. The van der Waals surface area contributed by atoms with Gasteiger partial charge in [0.1, 0.15) is 0 Å². The topological polar surface area (TPSA) is 70.8 Å². The van der Waals surface area contributed by atoms with E-state index in [0.29, 0.717) is 11.1 Å². The van der Waals surface area contributed by atoms with Crippen molar-refractivity contribution in [3.8, 4) is 11.5 Å². The van der Waals surface area contributed by atoms with Gasteiger partial charge in [-0.15, -0.1) is 11.5 Å². The molecule has 0 fully saturated rings. The summed E-state index contributed by atoms with van der Waals surface area (Å²) < 4.78 is 0. The fourth-order valence-corrected chi connectivity index (χ4v) is 7.32. The monoisotopic (exact) mass is 734 g/mol. The van der Waals surface area contributed by atoms with E-state index < -0.39 is 22.3 Å². The van der Waals surface area contributed by atoms with Crippen LogP contribution in [0.4, 0.5) is 11.4 Å². The summed E-state index contributed by atoms with van der Waals surface area (Å²) in [5, 5.41) is 27.3. The van der Waals surface area contributed by atoms with Gasteiger partial charge in [0.25, 0.3) is 0 Å². The smallest absolute Gasteiger partial charge is 0.873 e. The van der Waals surface area contributed by atoms with Gasteiger partial charge in [0.2, 0.25) is 0 Å². The molecule has 0 atom stereocenters. The van der Waals surface area contributed by atoms with Gasteiger partial charge in [0.15, 0.2) is 0 Å². The van der Waals surface area contributed by atoms with Gasteiger partial charge >= 0.3 is 16.5 Å². The zero-order chi connectivity index (χ0) is 35.3. The van der Waals surface area contributed by atoms with Crippen LogP contribution in [0.25, 0.3) is 10.8 Å². The number of hydrogen-bond donors (Lipinski definition) is 0. The quantitative estimate of drug-likeness (QED) is 0.169. The molecule has 0 bridgehead atoms. The number of nitrogens with zero attached hydrogens (tertiary/aromatic N) is 2. The Hall–Kier alpha value is -3.63. The largest absolute Gasteiger partial charge is 2.00 e. The summed E-state index contributed by atoms with van der Waals surface area (Å²) in [6.07, 6.45) is 0. The zero-order valence-corrected chi connectivity index (χ0v) is 32.2. The Morgan fingerprint density at radius 1 is 0.510 bits per heavy atom. The van der Waals surface area contributed by atoms with Gasteiger partial charge < -0.3 is 10.2 Å². The molecule has 1 aliphatic rings. The van der Waals surface area contributed by atoms with Crippen molar-refractivity contribution in [3.63, 3.8) is 0 Å². The minimum absolute atomic E-state index is 0. The van der Waals surface area contributed by atoms with Gasteiger partial charge in [0, 0.05) is 16.5 Å². The van der Waals surface area contributed by atoms with Crippen molar-refractivity contribution in [2.45, 2.75) is 80.1 Å². The average Bonchev–Trinajstić information content (AvgIpc) is 3.28. The summed E-state index contributed by atoms with van der Waals surface area (Å²) in [6.45, 7) is 19.5. The SMILES string of the molecule is CC(C)(C)c1c([O-])c([O-])c(C(C)(C)C)c(Cl)c1Cl.Cc1cccc(C)c1N=C1C(=Nc2c(C)cccc2C)c2cccc3cccc1c23.[Ni+2]. The molecule has 0 amide bonds. The molecule has 0 aromatic heterocycles. The van der Waals surface area contributed by atoms with Gasteiger partial charge in [0.05, 0.1) is 32.8 Å². The van der Waals surface area contributed by atoms with Gasteiger partial charge in [-0.3, -0.25) is 0 Å². The van der Waals surface area contributed by atoms with E-state index in [9.17, 15) is 10.2 Å². The molecule has 5 aromatic rings. The van der Waals surface area contributed by atoms with Crippen LogP contribution in [0, 0.1) is 27.7 Å². The Morgan fingerprint density at radius 3 is 1.12 bits per heavy atom. The van der Waals surface area contributed by atoms with E-state index in [1.165, 1.54) is 33.0 Å². The molecular weight excluding hydrogens is 694 g/mol. The molecular formula is C42H42Cl2N2NiO2. The molecule has 0 spiro atoms. The van der Waals surface area contributed by atoms with Crippen LogP contribution in [-0.4, -0.2) is 11.4 Å². The van der Waals surface area contributed by atoms with Crippen molar-refractivity contribution in [1.82, 2.24) is 0 Å². The van der Waals surface area contributed by atoms with Crippen LogP contribution < -0.4 is 10.2 Å². The van der Waals surface area contributed by atoms with Crippen LogP contribution in [0.15, 0.2) is 82.8 Å².